The van der Waals surface area contributed by atoms with Gasteiger partial charge in [0.05, 0.1) is 0 Å². The molecule has 1 saturated carbocycles. The van der Waals surface area contributed by atoms with E-state index in [0.29, 0.717) is 13.0 Å². The number of allylic oxidation sites excluding steroid dienone is 1. The normalized spacial score (nSPS) is 18.8. The molecule has 0 saturated heterocycles. The molecule has 1 aliphatic rings. The van der Waals surface area contributed by atoms with Gasteiger partial charge in [0.15, 0.2) is 0 Å². The monoisotopic (exact) mass is 416 g/mol. The highest BCUT2D eigenvalue weighted by atomic mass is 35.5. The largest absolute Gasteiger partial charge is 0.352 e. The van der Waals surface area contributed by atoms with Crippen molar-refractivity contribution in [2.24, 2.45) is 0 Å². The van der Waals surface area contributed by atoms with Crippen molar-refractivity contribution in [1.82, 2.24) is 10.2 Å². The Morgan fingerprint density at radius 3 is 2.28 bits per heavy atom. The third kappa shape index (κ3) is 5.91. The molecule has 1 aliphatic carbocycles. The summed E-state index contributed by atoms with van der Waals surface area (Å²) in [6.07, 6.45) is 6.36. The summed E-state index contributed by atoms with van der Waals surface area (Å²) in [6, 6.07) is 17.1. The molecular weight excluding hydrogens is 387 g/mol. The molecule has 0 heterocycles. The number of halogens is 2. The zero-order valence-corrected chi connectivity index (χ0v) is 18.0. The summed E-state index contributed by atoms with van der Waals surface area (Å²) in [6.45, 7) is 0.555. The van der Waals surface area contributed by atoms with Crippen LogP contribution in [0.4, 0.5) is 4.39 Å². The first kappa shape index (κ1) is 23.1. The van der Waals surface area contributed by atoms with E-state index in [-0.39, 0.29) is 29.7 Å². The Morgan fingerprint density at radius 2 is 1.69 bits per heavy atom. The van der Waals surface area contributed by atoms with Gasteiger partial charge in [-0.3, -0.25) is 9.69 Å². The summed E-state index contributed by atoms with van der Waals surface area (Å²) in [5.74, 6) is -0.270. The number of amides is 1. The summed E-state index contributed by atoms with van der Waals surface area (Å²) in [7, 11) is 4.29. The molecule has 0 unspecified atom stereocenters. The van der Waals surface area contributed by atoms with Crippen molar-refractivity contribution in [3.63, 3.8) is 0 Å². The average molecular weight is 417 g/mol. The number of nitrogens with one attached hydrogen (secondary N) is 1. The van der Waals surface area contributed by atoms with E-state index in [1.807, 2.05) is 0 Å². The molecule has 0 bridgehead atoms. The predicted molar refractivity (Wildman–Crippen MR) is 119 cm³/mol. The van der Waals surface area contributed by atoms with Crippen LogP contribution in [0.1, 0.15) is 36.8 Å². The first-order valence-corrected chi connectivity index (χ1v) is 9.94. The van der Waals surface area contributed by atoms with Gasteiger partial charge >= 0.3 is 0 Å². The Bertz CT molecular complexity index is 809. The van der Waals surface area contributed by atoms with Gasteiger partial charge < -0.3 is 5.32 Å². The van der Waals surface area contributed by atoms with Gasteiger partial charge in [-0.1, -0.05) is 48.0 Å². The molecule has 1 amide bonds. The molecule has 3 rings (SSSR count). The van der Waals surface area contributed by atoms with Crippen LogP contribution in [-0.4, -0.2) is 31.4 Å². The summed E-state index contributed by atoms with van der Waals surface area (Å²) >= 11 is 0. The number of nitrogens with zero attached hydrogens (tertiary/aromatic N) is 1. The Balaban J connectivity index is 0.00000300. The maximum absolute atomic E-state index is 12.9. The molecule has 1 N–H and O–H groups in total. The zero-order valence-electron chi connectivity index (χ0n) is 17.2. The van der Waals surface area contributed by atoms with Gasteiger partial charge in [-0.05, 0) is 69.5 Å². The highest BCUT2D eigenvalue weighted by molar-refractivity contribution is 5.88. The van der Waals surface area contributed by atoms with Gasteiger partial charge in [0.1, 0.15) is 5.82 Å². The molecule has 0 radical (unpaired) electrons. The maximum atomic E-state index is 12.9. The maximum Gasteiger partial charge on any atom is 0.243 e. The first-order valence-electron chi connectivity index (χ1n) is 9.94. The lowest BCUT2D eigenvalue weighted by molar-refractivity contribution is -0.116. The molecule has 2 aromatic carbocycles. The molecule has 2 aromatic rings. The third-order valence-electron chi connectivity index (χ3n) is 5.85. The Hall–Kier alpha value is -2.17. The van der Waals surface area contributed by atoms with E-state index in [2.05, 4.69) is 54.6 Å². The van der Waals surface area contributed by atoms with Crippen molar-refractivity contribution in [3.8, 4) is 0 Å². The van der Waals surface area contributed by atoms with E-state index < -0.39 is 0 Å². The van der Waals surface area contributed by atoms with Gasteiger partial charge in [-0.15, -0.1) is 12.4 Å². The van der Waals surface area contributed by atoms with Gasteiger partial charge in [0.25, 0.3) is 0 Å². The van der Waals surface area contributed by atoms with E-state index in [1.165, 1.54) is 23.3 Å². The smallest absolute Gasteiger partial charge is 0.243 e. The Morgan fingerprint density at radius 1 is 1.07 bits per heavy atom. The molecule has 0 aromatic heterocycles. The second kappa shape index (κ2) is 10.6. The molecule has 0 spiro atoms. The summed E-state index contributed by atoms with van der Waals surface area (Å²) in [5, 5.41) is 2.95. The van der Waals surface area contributed by atoms with Crippen molar-refractivity contribution < 1.29 is 9.18 Å². The Labute approximate surface area is 179 Å². The van der Waals surface area contributed by atoms with E-state index in [0.717, 1.165) is 31.2 Å². The van der Waals surface area contributed by atoms with E-state index in [1.54, 1.807) is 18.2 Å². The number of benzene rings is 2. The number of carbonyl (C=O) groups is 1. The van der Waals surface area contributed by atoms with Crippen LogP contribution in [0.3, 0.4) is 0 Å². The van der Waals surface area contributed by atoms with Gasteiger partial charge in [0, 0.05) is 18.2 Å². The van der Waals surface area contributed by atoms with Gasteiger partial charge in [-0.2, -0.15) is 0 Å². The highest BCUT2D eigenvalue weighted by Crippen LogP contribution is 2.42. The van der Waals surface area contributed by atoms with Crippen LogP contribution in [0.25, 0.3) is 0 Å². The molecule has 29 heavy (non-hydrogen) atoms. The molecule has 3 nitrogen and oxygen atoms in total. The molecular formula is C24H30ClFN2O. The van der Waals surface area contributed by atoms with Gasteiger partial charge in [-0.25, -0.2) is 4.39 Å². The minimum absolute atomic E-state index is 0. The molecule has 156 valence electrons. The van der Waals surface area contributed by atoms with Gasteiger partial charge in [0.2, 0.25) is 5.91 Å². The van der Waals surface area contributed by atoms with E-state index >= 15 is 0 Å². The van der Waals surface area contributed by atoms with Crippen molar-refractivity contribution in [2.75, 3.05) is 20.6 Å². The van der Waals surface area contributed by atoms with Crippen molar-refractivity contribution >= 4 is 18.3 Å². The summed E-state index contributed by atoms with van der Waals surface area (Å²) in [5.41, 5.74) is 3.62. The Kier molecular flexibility index (Phi) is 8.42. The average Bonchev–Trinajstić information content (AvgIpc) is 2.71. The summed E-state index contributed by atoms with van der Waals surface area (Å²) in [4.78, 5) is 14.6. The first-order chi connectivity index (χ1) is 13.5. The standard InChI is InChI=1S/C24H29FN2O.ClH/c1-27(2)24(21-6-4-3-5-7-21)15-12-20(13-16-24)18-23(28)26-17-14-19-8-10-22(25)11-9-19;/h3-11,18H,12-17H2,1-2H3,(H,26,28);1H. The van der Waals surface area contributed by atoms with Crippen LogP contribution in [0.15, 0.2) is 66.2 Å². The van der Waals surface area contributed by atoms with Crippen LogP contribution in [0, 0.1) is 5.82 Å². The van der Waals surface area contributed by atoms with E-state index in [4.69, 9.17) is 0 Å². The van der Waals surface area contributed by atoms with Crippen molar-refractivity contribution in [2.45, 2.75) is 37.6 Å². The number of carbonyl (C=O) groups excluding carboxylic acids is 1. The second-order valence-corrected chi connectivity index (χ2v) is 7.76. The van der Waals surface area contributed by atoms with Crippen LogP contribution in [-0.2, 0) is 16.8 Å². The minimum Gasteiger partial charge on any atom is -0.352 e. The molecule has 1 fully saturated rings. The molecule has 0 atom stereocenters. The molecule has 5 heteroatoms. The van der Waals surface area contributed by atoms with Crippen LogP contribution < -0.4 is 5.32 Å². The third-order valence-corrected chi connectivity index (χ3v) is 5.85. The fourth-order valence-electron chi connectivity index (χ4n) is 4.09. The fraction of sp³-hybridized carbons (Fsp3) is 0.375. The minimum atomic E-state index is -0.237. The fourth-order valence-corrected chi connectivity index (χ4v) is 4.09. The topological polar surface area (TPSA) is 32.3 Å². The molecule has 0 aliphatic heterocycles. The second-order valence-electron chi connectivity index (χ2n) is 7.76. The SMILES string of the molecule is CN(C)C1(c2ccccc2)CCC(=CC(=O)NCCc2ccc(F)cc2)CC1.Cl. The highest BCUT2D eigenvalue weighted by Gasteiger charge is 2.37. The summed E-state index contributed by atoms with van der Waals surface area (Å²) < 4.78 is 12.9. The van der Waals surface area contributed by atoms with Crippen molar-refractivity contribution in [3.05, 3.63) is 83.2 Å². The zero-order chi connectivity index (χ0) is 20.0. The number of rotatable bonds is 6. The van der Waals surface area contributed by atoms with Crippen LogP contribution >= 0.6 is 12.4 Å². The van der Waals surface area contributed by atoms with Crippen LogP contribution in [0.5, 0.6) is 0 Å². The van der Waals surface area contributed by atoms with Crippen molar-refractivity contribution in [1.29, 1.82) is 0 Å². The quantitative estimate of drug-likeness (QED) is 0.682. The number of hydrogen-bond acceptors (Lipinski definition) is 2. The number of hydrogen-bond donors (Lipinski definition) is 1. The van der Waals surface area contributed by atoms with Crippen LogP contribution in [0.2, 0.25) is 0 Å². The predicted octanol–water partition coefficient (Wildman–Crippen LogP) is 4.86. The van der Waals surface area contributed by atoms with E-state index in [9.17, 15) is 9.18 Å². The lowest BCUT2D eigenvalue weighted by Crippen LogP contribution is -2.43. The lowest BCUT2D eigenvalue weighted by atomic mass is 9.74. The lowest BCUT2D eigenvalue weighted by Gasteiger charge is -2.44.